The Kier molecular flexibility index (Phi) is 4.48. The van der Waals surface area contributed by atoms with Gasteiger partial charge >= 0.3 is 29.6 Å². The first kappa shape index (κ1) is 16.2. The molecule has 3 aliphatic heterocycles. The molecule has 1 aromatic rings. The smallest absolute Gasteiger partial charge is 0.543 e. The number of aryl methyl sites for hydroxylation is 1. The van der Waals surface area contributed by atoms with Gasteiger partial charge in [0.05, 0.1) is 28.8 Å². The molecule has 6 nitrogen and oxygen atoms in total. The van der Waals surface area contributed by atoms with Gasteiger partial charge < -0.3 is 9.90 Å². The minimum absolute atomic E-state index is 0. The molecule has 22 heavy (non-hydrogen) atoms. The molecule has 1 amide bonds. The van der Waals surface area contributed by atoms with Crippen molar-refractivity contribution in [2.75, 3.05) is 5.75 Å². The van der Waals surface area contributed by atoms with E-state index in [0.717, 1.165) is 23.7 Å². The number of rotatable bonds is 2. The summed E-state index contributed by atoms with van der Waals surface area (Å²) < 4.78 is 1.95. The van der Waals surface area contributed by atoms with Gasteiger partial charge in [0.15, 0.2) is 0 Å². The molecule has 1 aromatic heterocycles. The van der Waals surface area contributed by atoms with Crippen molar-refractivity contribution in [3.63, 3.8) is 0 Å². The van der Waals surface area contributed by atoms with Crippen LogP contribution in [0.4, 0.5) is 0 Å². The van der Waals surface area contributed by atoms with Crippen LogP contribution in [0.5, 0.6) is 0 Å². The SMILES string of the molecule is O=C([O-])C1=CSC2/C(=C/c3cc4n(n3)CSCC4)C(=O)N12.[Na+]. The zero-order valence-corrected chi connectivity index (χ0v) is 15.4. The maximum absolute atomic E-state index is 12.1. The third-order valence-electron chi connectivity index (χ3n) is 3.65. The largest absolute Gasteiger partial charge is 1.00 e. The fourth-order valence-corrected chi connectivity index (χ4v) is 4.60. The maximum atomic E-state index is 12.1. The Labute approximate surface area is 157 Å². The zero-order chi connectivity index (χ0) is 14.6. The van der Waals surface area contributed by atoms with E-state index in [1.54, 1.807) is 6.08 Å². The van der Waals surface area contributed by atoms with Crippen molar-refractivity contribution >= 4 is 41.5 Å². The number of aliphatic carboxylic acids is 1. The summed E-state index contributed by atoms with van der Waals surface area (Å²) in [4.78, 5) is 24.3. The molecule has 4 heterocycles. The van der Waals surface area contributed by atoms with Crippen LogP contribution in [0.1, 0.15) is 11.4 Å². The first-order valence-electron chi connectivity index (χ1n) is 6.42. The van der Waals surface area contributed by atoms with Gasteiger partial charge in [-0.2, -0.15) is 5.10 Å². The van der Waals surface area contributed by atoms with Crippen LogP contribution in [-0.4, -0.2) is 37.7 Å². The van der Waals surface area contributed by atoms with Crippen LogP contribution in [0, 0.1) is 0 Å². The number of carbonyl (C=O) groups is 2. The Morgan fingerprint density at radius 1 is 1.50 bits per heavy atom. The molecule has 1 saturated heterocycles. The van der Waals surface area contributed by atoms with E-state index < -0.39 is 5.97 Å². The molecule has 0 spiro atoms. The first-order chi connectivity index (χ1) is 10.1. The normalized spacial score (nSPS) is 24.3. The predicted octanol–water partition coefficient (Wildman–Crippen LogP) is -2.98. The molecule has 0 N–H and O–H groups in total. The van der Waals surface area contributed by atoms with Gasteiger partial charge in [-0.05, 0) is 24.0 Å². The van der Waals surface area contributed by atoms with Crippen LogP contribution < -0.4 is 34.7 Å². The van der Waals surface area contributed by atoms with Gasteiger partial charge in [0.25, 0.3) is 5.91 Å². The van der Waals surface area contributed by atoms with Crippen LogP contribution >= 0.6 is 23.5 Å². The number of carbonyl (C=O) groups excluding carboxylic acids is 2. The second-order valence-corrected chi connectivity index (χ2v) is 6.93. The van der Waals surface area contributed by atoms with E-state index in [4.69, 9.17) is 0 Å². The molecule has 0 radical (unpaired) electrons. The molecule has 1 unspecified atom stereocenters. The number of hydrogen-bond acceptors (Lipinski definition) is 6. The number of β-lactam (4-membered cyclic amide) rings is 1. The minimum atomic E-state index is -1.31. The average molecular weight is 343 g/mol. The molecular weight excluding hydrogens is 333 g/mol. The van der Waals surface area contributed by atoms with Gasteiger partial charge in [0.2, 0.25) is 0 Å². The van der Waals surface area contributed by atoms with Crippen molar-refractivity contribution in [1.82, 2.24) is 14.7 Å². The fourth-order valence-electron chi connectivity index (χ4n) is 2.61. The number of aromatic nitrogens is 2. The van der Waals surface area contributed by atoms with Gasteiger partial charge in [-0.25, -0.2) is 0 Å². The number of amides is 1. The maximum Gasteiger partial charge on any atom is 1.00 e. The Balaban J connectivity index is 0.00000144. The van der Waals surface area contributed by atoms with Crippen LogP contribution in [0.15, 0.2) is 22.7 Å². The van der Waals surface area contributed by atoms with E-state index >= 15 is 0 Å². The fraction of sp³-hybridized carbons (Fsp3) is 0.308. The number of thioether (sulfide) groups is 2. The van der Waals surface area contributed by atoms with Gasteiger partial charge in [0.1, 0.15) is 5.37 Å². The molecule has 9 heteroatoms. The zero-order valence-electron chi connectivity index (χ0n) is 11.8. The second kappa shape index (κ2) is 6.09. The van der Waals surface area contributed by atoms with E-state index in [-0.39, 0.29) is 46.5 Å². The van der Waals surface area contributed by atoms with Crippen molar-refractivity contribution < 1.29 is 44.3 Å². The van der Waals surface area contributed by atoms with E-state index in [1.165, 1.54) is 27.8 Å². The third-order valence-corrected chi connectivity index (χ3v) is 5.65. The Bertz CT molecular complexity index is 705. The predicted molar refractivity (Wildman–Crippen MR) is 77.7 cm³/mol. The Morgan fingerprint density at radius 2 is 2.32 bits per heavy atom. The molecule has 3 aliphatic rings. The van der Waals surface area contributed by atoms with Crippen molar-refractivity contribution in [3.8, 4) is 0 Å². The van der Waals surface area contributed by atoms with Gasteiger partial charge in [-0.15, -0.1) is 23.5 Å². The molecule has 108 valence electrons. The summed E-state index contributed by atoms with van der Waals surface area (Å²) in [5, 5.41) is 16.6. The summed E-state index contributed by atoms with van der Waals surface area (Å²) in [6, 6.07) is 2.00. The summed E-state index contributed by atoms with van der Waals surface area (Å²) in [5.41, 5.74) is 2.48. The molecule has 1 fully saturated rings. The molecule has 0 aromatic carbocycles. The van der Waals surface area contributed by atoms with Gasteiger partial charge in [-0.1, -0.05) is 0 Å². The van der Waals surface area contributed by atoms with Crippen LogP contribution in [-0.2, 0) is 21.9 Å². The number of fused-ring (bicyclic) bond motifs is 2. The van der Waals surface area contributed by atoms with E-state index in [2.05, 4.69) is 5.10 Å². The Morgan fingerprint density at radius 3 is 3.05 bits per heavy atom. The van der Waals surface area contributed by atoms with Gasteiger partial charge in [0, 0.05) is 11.4 Å². The van der Waals surface area contributed by atoms with Crippen molar-refractivity contribution in [2.45, 2.75) is 17.7 Å². The monoisotopic (exact) mass is 343 g/mol. The summed E-state index contributed by atoms with van der Waals surface area (Å²) in [6.45, 7) is 0. The van der Waals surface area contributed by atoms with Gasteiger partial charge in [-0.3, -0.25) is 14.4 Å². The summed E-state index contributed by atoms with van der Waals surface area (Å²) in [7, 11) is 0. The molecule has 0 bridgehead atoms. The summed E-state index contributed by atoms with van der Waals surface area (Å²) >= 11 is 3.14. The molecule has 0 aliphatic carbocycles. The van der Waals surface area contributed by atoms with Crippen molar-refractivity contribution in [3.05, 3.63) is 34.1 Å². The third kappa shape index (κ3) is 2.46. The Hall–Kier alpha value is -0.670. The summed E-state index contributed by atoms with van der Waals surface area (Å²) in [5.74, 6) is 0.339. The standard InChI is InChI=1S/C13H11N3O3S2.Na/c17-11-9(12-16(11)10(5-21-12)13(18)19)4-7-3-8-1-2-20-6-15(8)14-7;/h3-5,12H,1-2,6H2,(H,18,19);/q;+1/p-1/b9-4+;. The number of nitrogens with zero attached hydrogens (tertiary/aromatic N) is 3. The molecule has 0 saturated carbocycles. The van der Waals surface area contributed by atoms with Crippen molar-refractivity contribution in [2.24, 2.45) is 0 Å². The van der Waals surface area contributed by atoms with Crippen LogP contribution in [0.25, 0.3) is 6.08 Å². The molecular formula is C13H10N3NaO3S2. The summed E-state index contributed by atoms with van der Waals surface area (Å²) in [6.07, 6.45) is 2.74. The van der Waals surface area contributed by atoms with Crippen LogP contribution in [0.3, 0.4) is 0 Å². The first-order valence-corrected chi connectivity index (χ1v) is 8.51. The van der Waals surface area contributed by atoms with Crippen LogP contribution in [0.2, 0.25) is 0 Å². The van der Waals surface area contributed by atoms with E-state index in [0.29, 0.717) is 5.57 Å². The number of hydrogen-bond donors (Lipinski definition) is 0. The minimum Gasteiger partial charge on any atom is -0.543 e. The quantitative estimate of drug-likeness (QED) is 0.324. The van der Waals surface area contributed by atoms with E-state index in [9.17, 15) is 14.7 Å². The number of carboxylic acid groups (broad SMARTS) is 1. The van der Waals surface area contributed by atoms with Crippen molar-refractivity contribution in [1.29, 1.82) is 0 Å². The second-order valence-electron chi connectivity index (χ2n) is 4.90. The van der Waals surface area contributed by atoms with E-state index in [1.807, 2.05) is 22.5 Å². The number of carboxylic acids is 1. The topological polar surface area (TPSA) is 78.3 Å². The molecule has 4 rings (SSSR count). The molecule has 1 atom stereocenters. The average Bonchev–Trinajstić information content (AvgIpc) is 3.05.